The number of benzene rings is 1. The highest BCUT2D eigenvalue weighted by Crippen LogP contribution is 2.24. The van der Waals surface area contributed by atoms with Crippen LogP contribution in [0.15, 0.2) is 27.6 Å². The largest absolute Gasteiger partial charge is 0.241 e. The van der Waals surface area contributed by atoms with Gasteiger partial charge in [-0.1, -0.05) is 32.1 Å². The molecule has 1 aromatic carbocycles. The van der Waals surface area contributed by atoms with E-state index in [0.29, 0.717) is 0 Å². The van der Waals surface area contributed by atoms with Crippen LogP contribution in [0.1, 0.15) is 44.9 Å². The molecule has 0 atom stereocenters. The lowest BCUT2D eigenvalue weighted by Crippen LogP contribution is -2.35. The van der Waals surface area contributed by atoms with Gasteiger partial charge in [0.05, 0.1) is 4.90 Å². The molecule has 1 N–H and O–H groups in total. The minimum absolute atomic E-state index is 0.0164. The van der Waals surface area contributed by atoms with Crippen LogP contribution in [0, 0.1) is 5.82 Å². The predicted octanol–water partition coefficient (Wildman–Crippen LogP) is 3.98. The summed E-state index contributed by atoms with van der Waals surface area (Å²) >= 11 is 3.12. The number of hydrogen-bond donors (Lipinski definition) is 1. The molecular formula is C14H19BrFNO2S. The number of halogens is 2. The Morgan fingerprint density at radius 2 is 1.70 bits per heavy atom. The quantitative estimate of drug-likeness (QED) is 0.882. The molecule has 1 aliphatic rings. The lowest BCUT2D eigenvalue weighted by Gasteiger charge is -2.21. The topological polar surface area (TPSA) is 46.2 Å². The maximum Gasteiger partial charge on any atom is 0.241 e. The molecule has 2 rings (SSSR count). The Labute approximate surface area is 128 Å². The van der Waals surface area contributed by atoms with Crippen LogP contribution < -0.4 is 4.72 Å². The van der Waals surface area contributed by atoms with Crippen LogP contribution in [0.3, 0.4) is 0 Å². The average molecular weight is 364 g/mol. The number of rotatable bonds is 3. The van der Waals surface area contributed by atoms with Crippen molar-refractivity contribution in [3.05, 3.63) is 28.5 Å². The minimum Gasteiger partial charge on any atom is -0.208 e. The van der Waals surface area contributed by atoms with Crippen LogP contribution >= 0.6 is 15.9 Å². The van der Waals surface area contributed by atoms with E-state index in [0.717, 1.165) is 31.7 Å². The third-order valence-electron chi connectivity index (χ3n) is 3.61. The van der Waals surface area contributed by atoms with Crippen LogP contribution in [-0.2, 0) is 10.0 Å². The van der Waals surface area contributed by atoms with Crippen molar-refractivity contribution in [1.82, 2.24) is 4.72 Å². The predicted molar refractivity (Wildman–Crippen MR) is 80.5 cm³/mol. The lowest BCUT2D eigenvalue weighted by atomic mass is 9.97. The second-order valence-corrected chi connectivity index (χ2v) is 7.77. The minimum atomic E-state index is -3.60. The van der Waals surface area contributed by atoms with Crippen molar-refractivity contribution in [2.24, 2.45) is 0 Å². The van der Waals surface area contributed by atoms with Gasteiger partial charge in [-0.2, -0.15) is 0 Å². The number of hydrogen-bond acceptors (Lipinski definition) is 2. The van der Waals surface area contributed by atoms with Gasteiger partial charge in [0.25, 0.3) is 0 Å². The van der Waals surface area contributed by atoms with E-state index in [1.165, 1.54) is 31.4 Å². The Morgan fingerprint density at radius 3 is 2.30 bits per heavy atom. The number of sulfonamides is 1. The van der Waals surface area contributed by atoms with Crippen LogP contribution in [0.4, 0.5) is 4.39 Å². The average Bonchev–Trinajstić information content (AvgIpc) is 2.31. The van der Waals surface area contributed by atoms with Gasteiger partial charge in [-0.3, -0.25) is 0 Å². The summed E-state index contributed by atoms with van der Waals surface area (Å²) in [5.74, 6) is -0.457. The molecule has 0 heterocycles. The molecule has 0 aliphatic heterocycles. The van der Waals surface area contributed by atoms with Gasteiger partial charge in [-0.15, -0.1) is 0 Å². The van der Waals surface area contributed by atoms with Crippen molar-refractivity contribution in [2.45, 2.75) is 55.9 Å². The van der Waals surface area contributed by atoms with E-state index in [-0.39, 0.29) is 15.4 Å². The van der Waals surface area contributed by atoms with Crippen molar-refractivity contribution in [2.75, 3.05) is 0 Å². The highest BCUT2D eigenvalue weighted by atomic mass is 79.9. The van der Waals surface area contributed by atoms with Gasteiger partial charge in [-0.05, 0) is 47.0 Å². The van der Waals surface area contributed by atoms with Crippen LogP contribution in [-0.4, -0.2) is 14.5 Å². The fraction of sp³-hybridized carbons (Fsp3) is 0.571. The SMILES string of the molecule is O=S(=O)(NC1CCCCCCC1)c1ccc(F)cc1Br. The molecule has 0 amide bonds. The molecule has 3 nitrogen and oxygen atoms in total. The molecule has 20 heavy (non-hydrogen) atoms. The fourth-order valence-electron chi connectivity index (χ4n) is 2.55. The number of nitrogens with one attached hydrogen (secondary N) is 1. The smallest absolute Gasteiger partial charge is 0.208 e. The summed E-state index contributed by atoms with van der Waals surface area (Å²) < 4.78 is 40.8. The summed E-state index contributed by atoms with van der Waals surface area (Å²) in [7, 11) is -3.60. The molecule has 0 radical (unpaired) electrons. The third kappa shape index (κ3) is 4.27. The van der Waals surface area contributed by atoms with Gasteiger partial charge in [0.2, 0.25) is 10.0 Å². The highest BCUT2D eigenvalue weighted by molar-refractivity contribution is 9.10. The molecule has 6 heteroatoms. The molecule has 0 bridgehead atoms. The highest BCUT2D eigenvalue weighted by Gasteiger charge is 2.22. The first-order valence-electron chi connectivity index (χ1n) is 6.96. The first kappa shape index (κ1) is 15.9. The summed E-state index contributed by atoms with van der Waals surface area (Å²) in [6.07, 6.45) is 7.42. The summed E-state index contributed by atoms with van der Waals surface area (Å²) in [6.45, 7) is 0. The van der Waals surface area contributed by atoms with E-state index in [4.69, 9.17) is 0 Å². The molecule has 1 aromatic rings. The Bertz CT molecular complexity index is 554. The maximum atomic E-state index is 13.0. The second kappa shape index (κ2) is 7.00. The Kier molecular flexibility index (Phi) is 5.57. The van der Waals surface area contributed by atoms with Gasteiger partial charge in [0.15, 0.2) is 0 Å². The van der Waals surface area contributed by atoms with Crippen LogP contribution in [0.2, 0.25) is 0 Å². The van der Waals surface area contributed by atoms with Crippen molar-refractivity contribution >= 4 is 26.0 Å². The van der Waals surface area contributed by atoms with E-state index < -0.39 is 15.8 Å². The van der Waals surface area contributed by atoms with E-state index >= 15 is 0 Å². The van der Waals surface area contributed by atoms with Crippen molar-refractivity contribution in [1.29, 1.82) is 0 Å². The van der Waals surface area contributed by atoms with Crippen LogP contribution in [0.5, 0.6) is 0 Å². The molecule has 0 aromatic heterocycles. The normalized spacial score (nSPS) is 18.5. The first-order valence-corrected chi connectivity index (χ1v) is 9.24. The molecule has 0 saturated heterocycles. The molecule has 1 fully saturated rings. The summed E-state index contributed by atoms with van der Waals surface area (Å²) in [4.78, 5) is 0.0981. The first-order chi connectivity index (χ1) is 9.49. The zero-order chi connectivity index (χ0) is 14.6. The van der Waals surface area contributed by atoms with Gasteiger partial charge in [0, 0.05) is 10.5 Å². The van der Waals surface area contributed by atoms with Gasteiger partial charge >= 0.3 is 0 Å². The standard InChI is InChI=1S/C14H19BrFNO2S/c15-13-10-11(16)8-9-14(13)20(18,19)17-12-6-4-2-1-3-5-7-12/h8-10,12,17H,1-7H2. The molecule has 1 aliphatic carbocycles. The van der Waals surface area contributed by atoms with E-state index in [1.807, 2.05) is 0 Å². The van der Waals surface area contributed by atoms with E-state index in [2.05, 4.69) is 20.7 Å². The van der Waals surface area contributed by atoms with Crippen molar-refractivity contribution in [3.63, 3.8) is 0 Å². The molecule has 112 valence electrons. The Morgan fingerprint density at radius 1 is 1.10 bits per heavy atom. The fourth-order valence-corrected chi connectivity index (χ4v) is 4.90. The molecule has 0 unspecified atom stereocenters. The molecule has 1 saturated carbocycles. The lowest BCUT2D eigenvalue weighted by molar-refractivity contribution is 0.426. The Hall–Kier alpha value is -0.460. The zero-order valence-corrected chi connectivity index (χ0v) is 13.6. The van der Waals surface area contributed by atoms with Crippen molar-refractivity contribution in [3.8, 4) is 0 Å². The van der Waals surface area contributed by atoms with Crippen molar-refractivity contribution < 1.29 is 12.8 Å². The van der Waals surface area contributed by atoms with Gasteiger partial charge in [-0.25, -0.2) is 17.5 Å². The monoisotopic (exact) mass is 363 g/mol. The maximum absolute atomic E-state index is 13.0. The Balaban J connectivity index is 2.13. The molecular weight excluding hydrogens is 345 g/mol. The summed E-state index contributed by atoms with van der Waals surface area (Å²) in [5, 5.41) is 0. The third-order valence-corrected chi connectivity index (χ3v) is 6.11. The molecule has 0 spiro atoms. The van der Waals surface area contributed by atoms with Gasteiger partial charge in [0.1, 0.15) is 5.82 Å². The summed E-state index contributed by atoms with van der Waals surface area (Å²) in [6, 6.07) is 3.62. The second-order valence-electron chi connectivity index (χ2n) is 5.24. The van der Waals surface area contributed by atoms with E-state index in [9.17, 15) is 12.8 Å². The van der Waals surface area contributed by atoms with E-state index in [1.54, 1.807) is 0 Å². The van der Waals surface area contributed by atoms with Crippen LogP contribution in [0.25, 0.3) is 0 Å². The van der Waals surface area contributed by atoms with Gasteiger partial charge < -0.3 is 0 Å². The zero-order valence-electron chi connectivity index (χ0n) is 11.2. The summed E-state index contributed by atoms with van der Waals surface area (Å²) in [5.41, 5.74) is 0.